The van der Waals surface area contributed by atoms with Crippen molar-refractivity contribution in [1.82, 2.24) is 0 Å². The van der Waals surface area contributed by atoms with E-state index in [1.165, 1.54) is 28.5 Å². The molecule has 0 fully saturated rings. The fraction of sp³-hybridized carbons (Fsp3) is 0.300. The Kier molecular flexibility index (Phi) is 2.74. The Morgan fingerprint density at radius 2 is 2.21 bits per heavy atom. The Labute approximate surface area is 87.1 Å². The number of hydrogen-bond acceptors (Lipinski definition) is 3. The smallest absolute Gasteiger partial charge is 0.151 e. The molecule has 0 saturated carbocycles. The van der Waals surface area contributed by atoms with E-state index in [1.54, 1.807) is 0 Å². The summed E-state index contributed by atoms with van der Waals surface area (Å²) in [6.07, 6.45) is 0. The van der Waals surface area contributed by atoms with Gasteiger partial charge in [-0.3, -0.25) is 5.41 Å². The van der Waals surface area contributed by atoms with Crippen LogP contribution in [0, 0.1) is 5.41 Å². The van der Waals surface area contributed by atoms with Gasteiger partial charge in [-0.05, 0) is 16.7 Å². The van der Waals surface area contributed by atoms with Gasteiger partial charge in [-0.25, -0.2) is 0 Å². The quantitative estimate of drug-likeness (QED) is 0.576. The molecule has 1 aromatic rings. The molecule has 0 spiro atoms. The summed E-state index contributed by atoms with van der Waals surface area (Å²) < 4.78 is 5.32. The monoisotopic (exact) mass is 208 g/mol. The van der Waals surface area contributed by atoms with Crippen LogP contribution in [0.1, 0.15) is 16.7 Å². The molecule has 3 N–H and O–H groups in total. The molecule has 0 unspecified atom stereocenters. The second-order valence-corrected chi connectivity index (χ2v) is 4.27. The number of benzene rings is 1. The van der Waals surface area contributed by atoms with Gasteiger partial charge in [0, 0.05) is 5.75 Å². The molecule has 0 aromatic heterocycles. The van der Waals surface area contributed by atoms with Gasteiger partial charge in [-0.2, -0.15) is 0 Å². The van der Waals surface area contributed by atoms with Gasteiger partial charge >= 0.3 is 0 Å². The van der Waals surface area contributed by atoms with Gasteiger partial charge in [0.2, 0.25) is 0 Å². The minimum Gasteiger partial charge on any atom is -0.379 e. The van der Waals surface area contributed by atoms with Crippen molar-refractivity contribution >= 4 is 16.9 Å². The average molecular weight is 208 g/mol. The van der Waals surface area contributed by atoms with E-state index in [-0.39, 0.29) is 5.17 Å². The van der Waals surface area contributed by atoms with E-state index in [0.717, 1.165) is 12.4 Å². The van der Waals surface area contributed by atoms with Crippen molar-refractivity contribution in [3.05, 3.63) is 34.9 Å². The SMILES string of the molecule is N=C(N)SCc1ccc2c(c1)COC2. The maximum Gasteiger partial charge on any atom is 0.151 e. The van der Waals surface area contributed by atoms with E-state index >= 15 is 0 Å². The van der Waals surface area contributed by atoms with Crippen LogP contribution in [-0.2, 0) is 23.7 Å². The summed E-state index contributed by atoms with van der Waals surface area (Å²) in [4.78, 5) is 0. The average Bonchev–Trinajstić information content (AvgIpc) is 2.61. The number of amidine groups is 1. The largest absolute Gasteiger partial charge is 0.379 e. The first-order chi connectivity index (χ1) is 6.75. The molecule has 1 aromatic carbocycles. The zero-order valence-electron chi connectivity index (χ0n) is 7.75. The van der Waals surface area contributed by atoms with Gasteiger partial charge in [0.15, 0.2) is 5.17 Å². The maximum absolute atomic E-state index is 7.11. The Morgan fingerprint density at radius 3 is 3.00 bits per heavy atom. The van der Waals surface area contributed by atoms with Crippen LogP contribution >= 0.6 is 11.8 Å². The van der Waals surface area contributed by atoms with E-state index in [0.29, 0.717) is 6.61 Å². The minimum atomic E-state index is 0.168. The topological polar surface area (TPSA) is 59.1 Å². The number of hydrogen-bond donors (Lipinski definition) is 2. The summed E-state index contributed by atoms with van der Waals surface area (Å²) in [5, 5.41) is 7.28. The van der Waals surface area contributed by atoms with Crippen LogP contribution in [0.25, 0.3) is 0 Å². The summed E-state index contributed by atoms with van der Waals surface area (Å²) >= 11 is 1.35. The molecule has 0 aliphatic carbocycles. The number of nitrogens with one attached hydrogen (secondary N) is 1. The number of thioether (sulfide) groups is 1. The second kappa shape index (κ2) is 4.02. The van der Waals surface area contributed by atoms with Gasteiger partial charge in [0.1, 0.15) is 0 Å². The summed E-state index contributed by atoms with van der Waals surface area (Å²) in [7, 11) is 0. The summed E-state index contributed by atoms with van der Waals surface area (Å²) in [5.74, 6) is 0.766. The lowest BCUT2D eigenvalue weighted by molar-refractivity contribution is 0.134. The van der Waals surface area contributed by atoms with Gasteiger partial charge in [0.25, 0.3) is 0 Å². The van der Waals surface area contributed by atoms with Crippen molar-refractivity contribution in [3.8, 4) is 0 Å². The highest BCUT2D eigenvalue weighted by atomic mass is 32.2. The number of nitrogens with two attached hydrogens (primary N) is 1. The minimum absolute atomic E-state index is 0.168. The van der Waals surface area contributed by atoms with Crippen LogP contribution in [0.2, 0.25) is 0 Å². The Morgan fingerprint density at radius 1 is 1.43 bits per heavy atom. The molecule has 0 saturated heterocycles. The van der Waals surface area contributed by atoms with E-state index < -0.39 is 0 Å². The molecule has 74 valence electrons. The molecule has 4 heteroatoms. The fourth-order valence-electron chi connectivity index (χ4n) is 1.48. The van der Waals surface area contributed by atoms with Crippen LogP contribution < -0.4 is 5.73 Å². The molecular weight excluding hydrogens is 196 g/mol. The van der Waals surface area contributed by atoms with Crippen LogP contribution in [0.5, 0.6) is 0 Å². The number of fused-ring (bicyclic) bond motifs is 1. The lowest BCUT2D eigenvalue weighted by Gasteiger charge is -2.02. The standard InChI is InChI=1S/C10H12N2OS/c11-10(12)14-6-7-1-2-8-4-13-5-9(8)3-7/h1-3H,4-6H2,(H3,11,12). The highest BCUT2D eigenvalue weighted by Gasteiger charge is 2.10. The van der Waals surface area contributed by atoms with Crippen LogP contribution in [0.4, 0.5) is 0 Å². The molecule has 1 aliphatic heterocycles. The molecule has 1 aliphatic rings. The predicted molar refractivity (Wildman–Crippen MR) is 58.1 cm³/mol. The van der Waals surface area contributed by atoms with Gasteiger partial charge < -0.3 is 10.5 Å². The summed E-state index contributed by atoms with van der Waals surface area (Å²) in [6, 6.07) is 6.31. The van der Waals surface area contributed by atoms with Crippen LogP contribution in [0.15, 0.2) is 18.2 Å². The van der Waals surface area contributed by atoms with Gasteiger partial charge in [-0.15, -0.1) is 0 Å². The third-order valence-corrected chi connectivity index (χ3v) is 2.97. The fourth-order valence-corrected chi connectivity index (χ4v) is 1.98. The van der Waals surface area contributed by atoms with E-state index in [4.69, 9.17) is 15.9 Å². The molecule has 14 heavy (non-hydrogen) atoms. The maximum atomic E-state index is 7.11. The summed E-state index contributed by atoms with van der Waals surface area (Å²) in [6.45, 7) is 1.45. The molecule has 3 nitrogen and oxygen atoms in total. The van der Waals surface area contributed by atoms with Crippen molar-refractivity contribution < 1.29 is 4.74 Å². The number of rotatable bonds is 2. The zero-order chi connectivity index (χ0) is 9.97. The Hall–Kier alpha value is -1.00. The molecule has 0 amide bonds. The normalized spacial score (nSPS) is 14.0. The van der Waals surface area contributed by atoms with Crippen molar-refractivity contribution in [3.63, 3.8) is 0 Å². The van der Waals surface area contributed by atoms with Crippen molar-refractivity contribution in [2.45, 2.75) is 19.0 Å². The highest BCUT2D eigenvalue weighted by molar-refractivity contribution is 8.13. The first-order valence-electron chi connectivity index (χ1n) is 4.41. The Bertz CT molecular complexity index is 365. The van der Waals surface area contributed by atoms with E-state index in [1.807, 2.05) is 0 Å². The van der Waals surface area contributed by atoms with Gasteiger partial charge in [-0.1, -0.05) is 30.0 Å². The van der Waals surface area contributed by atoms with Crippen molar-refractivity contribution in [1.29, 1.82) is 5.41 Å². The predicted octanol–water partition coefficient (Wildman–Crippen LogP) is 1.84. The van der Waals surface area contributed by atoms with E-state index in [2.05, 4.69) is 18.2 Å². The van der Waals surface area contributed by atoms with Crippen LogP contribution in [0.3, 0.4) is 0 Å². The van der Waals surface area contributed by atoms with Crippen molar-refractivity contribution in [2.24, 2.45) is 5.73 Å². The second-order valence-electron chi connectivity index (χ2n) is 3.25. The third kappa shape index (κ3) is 2.08. The summed E-state index contributed by atoms with van der Waals surface area (Å²) in [5.41, 5.74) is 9.03. The Balaban J connectivity index is 2.09. The first kappa shape index (κ1) is 9.55. The van der Waals surface area contributed by atoms with E-state index in [9.17, 15) is 0 Å². The molecule has 0 bridgehead atoms. The zero-order valence-corrected chi connectivity index (χ0v) is 8.56. The third-order valence-electron chi connectivity index (χ3n) is 2.18. The van der Waals surface area contributed by atoms with Crippen molar-refractivity contribution in [2.75, 3.05) is 0 Å². The lowest BCUT2D eigenvalue weighted by Crippen LogP contribution is -2.03. The molecule has 0 radical (unpaired) electrons. The molecule has 2 rings (SSSR count). The van der Waals surface area contributed by atoms with Crippen LogP contribution in [-0.4, -0.2) is 5.17 Å². The number of ether oxygens (including phenoxy) is 1. The molecular formula is C10H12N2OS. The van der Waals surface area contributed by atoms with Gasteiger partial charge in [0.05, 0.1) is 13.2 Å². The molecule has 0 atom stereocenters. The highest BCUT2D eigenvalue weighted by Crippen LogP contribution is 2.22. The molecule has 1 heterocycles. The first-order valence-corrected chi connectivity index (χ1v) is 5.39. The lowest BCUT2D eigenvalue weighted by atomic mass is 10.1.